The van der Waals surface area contributed by atoms with Crippen molar-refractivity contribution in [2.24, 2.45) is 0 Å². The second-order valence-electron chi connectivity index (χ2n) is 4.78. The van der Waals surface area contributed by atoms with E-state index in [1.165, 1.54) is 22.3 Å². The Morgan fingerprint density at radius 1 is 1.35 bits per heavy atom. The topological polar surface area (TPSA) is 3.24 Å². The number of rotatable bonds is 4. The Morgan fingerprint density at radius 3 is 2.41 bits per heavy atom. The zero-order valence-electron chi connectivity index (χ0n) is 11.7. The summed E-state index contributed by atoms with van der Waals surface area (Å²) in [6.45, 7) is 10.5. The van der Waals surface area contributed by atoms with Crippen LogP contribution in [-0.2, 0) is 6.42 Å². The molecule has 0 aromatic heterocycles. The van der Waals surface area contributed by atoms with Crippen molar-refractivity contribution in [2.75, 3.05) is 14.1 Å². The van der Waals surface area contributed by atoms with Crippen LogP contribution in [0.3, 0.4) is 0 Å². The number of benzene rings is 1. The summed E-state index contributed by atoms with van der Waals surface area (Å²) in [5.74, 6) is 0. The van der Waals surface area contributed by atoms with Crippen LogP contribution in [0.1, 0.15) is 30.5 Å². The zero-order chi connectivity index (χ0) is 13.0. The largest absolute Gasteiger partial charge is 0.383 e. The van der Waals surface area contributed by atoms with Gasteiger partial charge in [-0.15, -0.1) is 0 Å². The van der Waals surface area contributed by atoms with Crippen molar-refractivity contribution < 1.29 is 0 Å². The van der Waals surface area contributed by atoms with Gasteiger partial charge in [0.2, 0.25) is 0 Å². The molecule has 0 aliphatic heterocycles. The van der Waals surface area contributed by atoms with Crippen LogP contribution in [0.5, 0.6) is 0 Å². The molecule has 0 aliphatic carbocycles. The molecule has 0 amide bonds. The van der Waals surface area contributed by atoms with Crippen LogP contribution in [0, 0.1) is 6.92 Å². The normalized spacial score (nSPS) is 11.5. The molecule has 0 saturated heterocycles. The lowest BCUT2D eigenvalue weighted by Gasteiger charge is -2.14. The highest BCUT2D eigenvalue weighted by atomic mass is 15.0. The van der Waals surface area contributed by atoms with Crippen molar-refractivity contribution in [1.29, 1.82) is 0 Å². The average molecular weight is 229 g/mol. The van der Waals surface area contributed by atoms with E-state index in [-0.39, 0.29) is 0 Å². The first-order valence-corrected chi connectivity index (χ1v) is 6.09. The summed E-state index contributed by atoms with van der Waals surface area (Å²) < 4.78 is 0. The van der Waals surface area contributed by atoms with E-state index < -0.39 is 0 Å². The minimum absolute atomic E-state index is 1.09. The molecule has 1 rings (SSSR count). The average Bonchev–Trinajstić information content (AvgIpc) is 2.25. The molecule has 1 heteroatoms. The van der Waals surface area contributed by atoms with E-state index in [0.29, 0.717) is 0 Å². The molecule has 1 aromatic carbocycles. The molecular weight excluding hydrogens is 206 g/mol. The molecule has 0 saturated carbocycles. The Bertz CT molecular complexity index is 439. The van der Waals surface area contributed by atoms with Crippen molar-refractivity contribution in [2.45, 2.75) is 27.2 Å². The third kappa shape index (κ3) is 3.48. The fourth-order valence-corrected chi connectivity index (χ4v) is 1.95. The van der Waals surface area contributed by atoms with E-state index in [4.69, 9.17) is 0 Å². The molecule has 92 valence electrons. The molecule has 0 heterocycles. The summed E-state index contributed by atoms with van der Waals surface area (Å²) in [6, 6.07) is 6.66. The zero-order valence-corrected chi connectivity index (χ0v) is 11.7. The molecular formula is C16H23N. The van der Waals surface area contributed by atoms with Crippen LogP contribution in [-0.4, -0.2) is 19.0 Å². The third-order valence-corrected chi connectivity index (χ3v) is 2.88. The molecule has 1 aromatic rings. The predicted octanol–water partition coefficient (Wildman–Crippen LogP) is 4.04. The first-order chi connectivity index (χ1) is 7.95. The molecule has 0 bridgehead atoms. The quantitative estimate of drug-likeness (QED) is 0.704. The van der Waals surface area contributed by atoms with Gasteiger partial charge >= 0.3 is 0 Å². The Morgan fingerprint density at radius 2 is 2.00 bits per heavy atom. The van der Waals surface area contributed by atoms with Crippen molar-refractivity contribution in [3.05, 3.63) is 53.2 Å². The second-order valence-corrected chi connectivity index (χ2v) is 4.78. The number of hydrogen-bond donors (Lipinski definition) is 0. The molecule has 0 spiro atoms. The Labute approximate surface area is 105 Å². The fraction of sp³-hybridized carbons (Fsp3) is 0.375. The predicted molar refractivity (Wildman–Crippen MR) is 77.0 cm³/mol. The van der Waals surface area contributed by atoms with Gasteiger partial charge in [0, 0.05) is 20.3 Å². The van der Waals surface area contributed by atoms with E-state index in [1.54, 1.807) is 0 Å². The molecule has 0 unspecified atom stereocenters. The number of nitrogens with zero attached hydrogens (tertiary/aromatic N) is 1. The smallest absolute Gasteiger partial charge is 0.00672 e. The minimum Gasteiger partial charge on any atom is -0.383 e. The van der Waals surface area contributed by atoms with Gasteiger partial charge in [0.25, 0.3) is 0 Å². The van der Waals surface area contributed by atoms with Gasteiger partial charge in [0.05, 0.1) is 0 Å². The number of aryl methyl sites for hydroxylation is 2. The fourth-order valence-electron chi connectivity index (χ4n) is 1.95. The summed E-state index contributed by atoms with van der Waals surface area (Å²) in [4.78, 5) is 2.06. The molecule has 0 fully saturated rings. The monoisotopic (exact) mass is 229 g/mol. The molecule has 0 aliphatic rings. The highest BCUT2D eigenvalue weighted by Crippen LogP contribution is 2.24. The SMILES string of the molecule is C=C(C)/C(=C\N(C)C)c1ccc(CC)c(C)c1. The third-order valence-electron chi connectivity index (χ3n) is 2.88. The Hall–Kier alpha value is -1.50. The van der Waals surface area contributed by atoms with Crippen LogP contribution in [0.15, 0.2) is 36.6 Å². The van der Waals surface area contributed by atoms with Crippen molar-refractivity contribution in [3.8, 4) is 0 Å². The molecule has 0 radical (unpaired) electrons. The highest BCUT2D eigenvalue weighted by Gasteiger charge is 2.05. The van der Waals surface area contributed by atoms with E-state index in [0.717, 1.165) is 12.0 Å². The molecule has 0 atom stereocenters. The van der Waals surface area contributed by atoms with Gasteiger partial charge in [0.1, 0.15) is 0 Å². The maximum Gasteiger partial charge on any atom is 0.00672 e. The lowest BCUT2D eigenvalue weighted by atomic mass is 9.96. The van der Waals surface area contributed by atoms with Crippen LogP contribution >= 0.6 is 0 Å². The second kappa shape index (κ2) is 5.72. The Balaban J connectivity index is 3.21. The summed E-state index contributed by atoms with van der Waals surface area (Å²) in [7, 11) is 4.08. The van der Waals surface area contributed by atoms with Gasteiger partial charge in [-0.2, -0.15) is 0 Å². The highest BCUT2D eigenvalue weighted by molar-refractivity contribution is 5.78. The maximum absolute atomic E-state index is 4.06. The van der Waals surface area contributed by atoms with Gasteiger partial charge < -0.3 is 4.90 Å². The van der Waals surface area contributed by atoms with Crippen molar-refractivity contribution >= 4 is 5.57 Å². The molecule has 1 nitrogen and oxygen atoms in total. The van der Waals surface area contributed by atoms with Crippen molar-refractivity contribution in [1.82, 2.24) is 4.90 Å². The standard InChI is InChI=1S/C16H23N/c1-7-14-8-9-15(10-13(14)4)16(12(2)3)11-17(5)6/h8-11H,2,7H2,1,3-6H3/b16-11+. The van der Waals surface area contributed by atoms with Gasteiger partial charge in [-0.05, 0) is 48.1 Å². The van der Waals surface area contributed by atoms with Crippen LogP contribution in [0.25, 0.3) is 5.57 Å². The molecule has 0 N–H and O–H groups in total. The summed E-state index contributed by atoms with van der Waals surface area (Å²) in [5.41, 5.74) is 6.33. The first kappa shape index (κ1) is 13.6. The number of hydrogen-bond acceptors (Lipinski definition) is 1. The van der Waals surface area contributed by atoms with Crippen LogP contribution in [0.2, 0.25) is 0 Å². The van der Waals surface area contributed by atoms with E-state index in [2.05, 4.69) is 56.6 Å². The first-order valence-electron chi connectivity index (χ1n) is 6.09. The number of allylic oxidation sites excluding steroid dienone is 2. The van der Waals surface area contributed by atoms with E-state index >= 15 is 0 Å². The van der Waals surface area contributed by atoms with E-state index in [9.17, 15) is 0 Å². The van der Waals surface area contributed by atoms with E-state index in [1.807, 2.05) is 14.1 Å². The summed E-state index contributed by atoms with van der Waals surface area (Å²) in [6.07, 6.45) is 3.22. The van der Waals surface area contributed by atoms with Gasteiger partial charge in [-0.25, -0.2) is 0 Å². The van der Waals surface area contributed by atoms with Crippen LogP contribution < -0.4 is 0 Å². The van der Waals surface area contributed by atoms with Crippen LogP contribution in [0.4, 0.5) is 0 Å². The van der Waals surface area contributed by atoms with Crippen molar-refractivity contribution in [3.63, 3.8) is 0 Å². The van der Waals surface area contributed by atoms with Gasteiger partial charge in [-0.1, -0.05) is 31.7 Å². The van der Waals surface area contributed by atoms with Gasteiger partial charge in [-0.3, -0.25) is 0 Å². The summed E-state index contributed by atoms with van der Waals surface area (Å²) >= 11 is 0. The lowest BCUT2D eigenvalue weighted by Crippen LogP contribution is -2.03. The molecule has 17 heavy (non-hydrogen) atoms. The minimum atomic E-state index is 1.09. The lowest BCUT2D eigenvalue weighted by molar-refractivity contribution is 0.565. The van der Waals surface area contributed by atoms with Gasteiger partial charge in [0.15, 0.2) is 0 Å². The maximum atomic E-state index is 4.06. The summed E-state index contributed by atoms with van der Waals surface area (Å²) in [5, 5.41) is 0. The Kier molecular flexibility index (Phi) is 4.56.